The zero-order valence-corrected chi connectivity index (χ0v) is 20.8. The number of anilines is 2. The second-order valence-corrected chi connectivity index (χ2v) is 9.61. The number of rotatable bonds is 8. The molecule has 0 saturated carbocycles. The maximum atomic E-state index is 12.5. The first-order valence-electron chi connectivity index (χ1n) is 10.3. The van der Waals surface area contributed by atoms with E-state index in [1.165, 1.54) is 23.1 Å². The maximum absolute atomic E-state index is 12.5. The van der Waals surface area contributed by atoms with Crippen LogP contribution < -0.4 is 10.2 Å². The monoisotopic (exact) mass is 498 g/mol. The first-order chi connectivity index (χ1) is 15.9. The van der Waals surface area contributed by atoms with Crippen LogP contribution in [-0.2, 0) is 11.3 Å². The summed E-state index contributed by atoms with van der Waals surface area (Å²) in [5.41, 5.74) is 3.83. The average Bonchev–Trinajstić information content (AvgIpc) is 3.45. The highest BCUT2D eigenvalue weighted by Gasteiger charge is 2.16. The first kappa shape index (κ1) is 23.3. The first-order valence-corrected chi connectivity index (χ1v) is 12.5. The van der Waals surface area contributed by atoms with Crippen LogP contribution in [0, 0.1) is 0 Å². The lowest BCUT2D eigenvalue weighted by Gasteiger charge is -2.14. The van der Waals surface area contributed by atoms with Crippen LogP contribution in [0.25, 0.3) is 22.6 Å². The van der Waals surface area contributed by atoms with Crippen LogP contribution in [0.5, 0.6) is 0 Å². The zero-order chi connectivity index (χ0) is 23.4. The number of carbonyl (C=O) groups is 1. The Morgan fingerprint density at radius 3 is 2.67 bits per heavy atom. The van der Waals surface area contributed by atoms with Gasteiger partial charge in [-0.2, -0.15) is 0 Å². The van der Waals surface area contributed by atoms with Crippen molar-refractivity contribution in [2.75, 3.05) is 30.1 Å². The van der Waals surface area contributed by atoms with E-state index in [1.807, 2.05) is 78.3 Å². The molecular formula is C23H23ClN6OS2. The standard InChI is InChI=1S/C23H23ClN6OS2/c1-4-30-21(16-6-5-7-18(12-16)29(2)3)27-28-23(30)33-14-20(31)26-22-25-19(13-32-22)15-8-10-17(24)11-9-15/h5-13H,4,14H2,1-3H3,(H,25,26,31). The van der Waals surface area contributed by atoms with E-state index in [1.54, 1.807) is 0 Å². The van der Waals surface area contributed by atoms with Gasteiger partial charge in [0.05, 0.1) is 11.4 Å². The Hall–Kier alpha value is -2.88. The predicted octanol–water partition coefficient (Wildman–Crippen LogP) is 5.54. The van der Waals surface area contributed by atoms with Crippen LogP contribution in [0.15, 0.2) is 59.1 Å². The SMILES string of the molecule is CCn1c(SCC(=O)Nc2nc(-c3ccc(Cl)cc3)cs2)nnc1-c1cccc(N(C)C)c1. The number of halogens is 1. The highest BCUT2D eigenvalue weighted by Crippen LogP contribution is 2.28. The number of hydrogen-bond acceptors (Lipinski definition) is 7. The van der Waals surface area contributed by atoms with E-state index in [9.17, 15) is 4.79 Å². The van der Waals surface area contributed by atoms with E-state index in [-0.39, 0.29) is 11.7 Å². The minimum Gasteiger partial charge on any atom is -0.378 e. The summed E-state index contributed by atoms with van der Waals surface area (Å²) in [4.78, 5) is 19.1. The smallest absolute Gasteiger partial charge is 0.236 e. The summed E-state index contributed by atoms with van der Waals surface area (Å²) in [6.45, 7) is 2.75. The number of nitrogens with one attached hydrogen (secondary N) is 1. The number of hydrogen-bond donors (Lipinski definition) is 1. The van der Waals surface area contributed by atoms with Gasteiger partial charge in [0.1, 0.15) is 0 Å². The molecule has 10 heteroatoms. The summed E-state index contributed by atoms with van der Waals surface area (Å²) >= 11 is 8.69. The number of carbonyl (C=O) groups excluding carboxylic acids is 1. The minimum absolute atomic E-state index is 0.140. The van der Waals surface area contributed by atoms with Gasteiger partial charge in [-0.25, -0.2) is 4.98 Å². The van der Waals surface area contributed by atoms with Crippen LogP contribution in [0.3, 0.4) is 0 Å². The Balaban J connectivity index is 1.41. The molecule has 1 N–H and O–H groups in total. The number of benzene rings is 2. The fourth-order valence-electron chi connectivity index (χ4n) is 3.19. The topological polar surface area (TPSA) is 75.9 Å². The Morgan fingerprint density at radius 2 is 1.94 bits per heavy atom. The third-order valence-corrected chi connectivity index (χ3v) is 6.85. The maximum Gasteiger partial charge on any atom is 0.236 e. The Bertz CT molecular complexity index is 1250. The third-order valence-electron chi connectivity index (χ3n) is 4.88. The molecule has 0 unspecified atom stereocenters. The van der Waals surface area contributed by atoms with Crippen molar-refractivity contribution in [2.45, 2.75) is 18.6 Å². The van der Waals surface area contributed by atoms with Crippen molar-refractivity contribution >= 4 is 51.4 Å². The molecule has 1 amide bonds. The molecule has 33 heavy (non-hydrogen) atoms. The van der Waals surface area contributed by atoms with E-state index < -0.39 is 0 Å². The lowest BCUT2D eigenvalue weighted by molar-refractivity contribution is -0.113. The van der Waals surface area contributed by atoms with Gasteiger partial charge in [0.25, 0.3) is 0 Å². The molecule has 170 valence electrons. The van der Waals surface area contributed by atoms with Gasteiger partial charge >= 0.3 is 0 Å². The second-order valence-electron chi connectivity index (χ2n) is 7.38. The fraction of sp³-hybridized carbons (Fsp3) is 0.217. The average molecular weight is 499 g/mol. The number of amides is 1. The summed E-state index contributed by atoms with van der Waals surface area (Å²) in [6.07, 6.45) is 0. The van der Waals surface area contributed by atoms with Gasteiger partial charge in [-0.3, -0.25) is 4.79 Å². The lowest BCUT2D eigenvalue weighted by Crippen LogP contribution is -2.14. The van der Waals surface area contributed by atoms with Crippen LogP contribution in [-0.4, -0.2) is 45.5 Å². The van der Waals surface area contributed by atoms with Gasteiger partial charge in [0.2, 0.25) is 5.91 Å². The van der Waals surface area contributed by atoms with Crippen LogP contribution in [0.4, 0.5) is 10.8 Å². The van der Waals surface area contributed by atoms with Gasteiger partial charge in [-0.05, 0) is 31.2 Å². The molecular weight excluding hydrogens is 476 g/mol. The Morgan fingerprint density at radius 1 is 1.15 bits per heavy atom. The summed E-state index contributed by atoms with van der Waals surface area (Å²) in [7, 11) is 4.01. The molecule has 0 radical (unpaired) electrons. The molecule has 0 aliphatic rings. The van der Waals surface area contributed by atoms with Crippen LogP contribution >= 0.6 is 34.7 Å². The molecule has 7 nitrogen and oxygen atoms in total. The molecule has 2 aromatic carbocycles. The van der Waals surface area contributed by atoms with Gasteiger partial charge in [0, 0.05) is 47.9 Å². The van der Waals surface area contributed by atoms with Crippen molar-refractivity contribution in [3.63, 3.8) is 0 Å². The highest BCUT2D eigenvalue weighted by atomic mass is 35.5. The van der Waals surface area contributed by atoms with E-state index in [0.717, 1.165) is 28.3 Å². The molecule has 2 heterocycles. The summed E-state index contributed by atoms with van der Waals surface area (Å²) in [5.74, 6) is 0.863. The van der Waals surface area contributed by atoms with E-state index in [4.69, 9.17) is 11.6 Å². The van der Waals surface area contributed by atoms with Crippen molar-refractivity contribution in [3.05, 3.63) is 58.9 Å². The summed E-state index contributed by atoms with van der Waals surface area (Å²) < 4.78 is 2.02. The Kier molecular flexibility index (Phi) is 7.32. The Labute approximate surface area is 205 Å². The van der Waals surface area contributed by atoms with E-state index in [2.05, 4.69) is 26.6 Å². The number of nitrogens with zero attached hydrogens (tertiary/aromatic N) is 5. The third kappa shape index (κ3) is 5.55. The molecule has 0 bridgehead atoms. The molecule has 0 aliphatic carbocycles. The van der Waals surface area contributed by atoms with Gasteiger partial charge in [0.15, 0.2) is 16.1 Å². The molecule has 0 aliphatic heterocycles. The lowest BCUT2D eigenvalue weighted by atomic mass is 10.2. The van der Waals surface area contributed by atoms with E-state index >= 15 is 0 Å². The molecule has 2 aromatic heterocycles. The molecule has 0 saturated heterocycles. The van der Waals surface area contributed by atoms with Gasteiger partial charge < -0.3 is 14.8 Å². The molecule has 4 aromatic rings. The molecule has 0 atom stereocenters. The van der Waals surface area contributed by atoms with Crippen LogP contribution in [0.2, 0.25) is 5.02 Å². The van der Waals surface area contributed by atoms with Gasteiger partial charge in [-0.1, -0.05) is 47.6 Å². The van der Waals surface area contributed by atoms with Crippen molar-refractivity contribution in [1.29, 1.82) is 0 Å². The van der Waals surface area contributed by atoms with E-state index in [0.29, 0.717) is 21.9 Å². The van der Waals surface area contributed by atoms with Crippen molar-refractivity contribution in [2.24, 2.45) is 0 Å². The molecule has 0 fully saturated rings. The van der Waals surface area contributed by atoms with Gasteiger partial charge in [-0.15, -0.1) is 21.5 Å². The molecule has 4 rings (SSSR count). The number of thioether (sulfide) groups is 1. The highest BCUT2D eigenvalue weighted by molar-refractivity contribution is 7.99. The predicted molar refractivity (Wildman–Crippen MR) is 137 cm³/mol. The van der Waals surface area contributed by atoms with Crippen LogP contribution in [0.1, 0.15) is 6.92 Å². The number of thiazole rings is 1. The second kappa shape index (κ2) is 10.4. The quantitative estimate of drug-likeness (QED) is 0.321. The van der Waals surface area contributed by atoms with Crippen molar-refractivity contribution < 1.29 is 4.79 Å². The van der Waals surface area contributed by atoms with Crippen molar-refractivity contribution in [1.82, 2.24) is 19.7 Å². The minimum atomic E-state index is -0.140. The molecule has 0 spiro atoms. The largest absolute Gasteiger partial charge is 0.378 e. The normalized spacial score (nSPS) is 10.9. The number of aromatic nitrogens is 4. The zero-order valence-electron chi connectivity index (χ0n) is 18.4. The summed E-state index contributed by atoms with van der Waals surface area (Å²) in [5, 5.41) is 15.4. The summed E-state index contributed by atoms with van der Waals surface area (Å²) in [6, 6.07) is 15.6. The van der Waals surface area contributed by atoms with Crippen molar-refractivity contribution in [3.8, 4) is 22.6 Å². The fourth-order valence-corrected chi connectivity index (χ4v) is 4.85.